The number of rotatable bonds is 8. The molecule has 32 heavy (non-hydrogen) atoms. The molecular weight excluding hydrogens is 454 g/mol. The number of ether oxygens (including phenoxy) is 1. The zero-order valence-electron chi connectivity index (χ0n) is 17.7. The fourth-order valence-corrected chi connectivity index (χ4v) is 5.24. The minimum absolute atomic E-state index is 0.0680. The van der Waals surface area contributed by atoms with Gasteiger partial charge in [-0.05, 0) is 43.0 Å². The van der Waals surface area contributed by atoms with Gasteiger partial charge < -0.3 is 15.4 Å². The highest BCUT2D eigenvalue weighted by atomic mass is 35.5. The number of benzene rings is 2. The van der Waals surface area contributed by atoms with Crippen LogP contribution in [-0.2, 0) is 26.0 Å². The topological polar surface area (TPSA) is 119 Å². The van der Waals surface area contributed by atoms with E-state index in [0.29, 0.717) is 31.7 Å². The highest BCUT2D eigenvalue weighted by Gasteiger charge is 2.33. The van der Waals surface area contributed by atoms with Gasteiger partial charge in [-0.3, -0.25) is 9.59 Å². The molecule has 1 aliphatic heterocycles. The van der Waals surface area contributed by atoms with Gasteiger partial charge in [0.1, 0.15) is 11.8 Å². The van der Waals surface area contributed by atoms with Crippen molar-refractivity contribution >= 4 is 33.4 Å². The number of hydrogen-bond donors (Lipinski definition) is 2. The van der Waals surface area contributed by atoms with Crippen molar-refractivity contribution in [3.63, 3.8) is 0 Å². The number of likely N-dealkylation sites (tertiary alicyclic amines) is 1. The zero-order valence-corrected chi connectivity index (χ0v) is 19.2. The maximum absolute atomic E-state index is 13.3. The number of hydrogen-bond acceptors (Lipinski definition) is 5. The highest BCUT2D eigenvalue weighted by molar-refractivity contribution is 7.89. The summed E-state index contributed by atoms with van der Waals surface area (Å²) >= 11 is 6.10. The van der Waals surface area contributed by atoms with Crippen LogP contribution in [0.4, 0.5) is 0 Å². The van der Waals surface area contributed by atoms with Gasteiger partial charge in [-0.2, -0.15) is 4.72 Å². The van der Waals surface area contributed by atoms with Crippen LogP contribution in [0.3, 0.4) is 0 Å². The van der Waals surface area contributed by atoms with Crippen LogP contribution in [0.5, 0.6) is 5.75 Å². The molecule has 0 radical (unpaired) electrons. The van der Waals surface area contributed by atoms with Gasteiger partial charge in [0.25, 0.3) is 0 Å². The summed E-state index contributed by atoms with van der Waals surface area (Å²) in [5.41, 5.74) is 6.19. The van der Waals surface area contributed by atoms with Gasteiger partial charge in [-0.15, -0.1) is 0 Å². The molecule has 0 saturated carbocycles. The first-order chi connectivity index (χ1) is 15.2. The summed E-state index contributed by atoms with van der Waals surface area (Å²) in [6, 6.07) is 12.3. The van der Waals surface area contributed by atoms with Crippen LogP contribution in [0.25, 0.3) is 0 Å². The zero-order chi connectivity index (χ0) is 23.3. The van der Waals surface area contributed by atoms with Gasteiger partial charge >= 0.3 is 0 Å². The van der Waals surface area contributed by atoms with Crippen LogP contribution in [-0.4, -0.2) is 51.4 Å². The average Bonchev–Trinajstić information content (AvgIpc) is 2.78. The van der Waals surface area contributed by atoms with E-state index in [2.05, 4.69) is 4.72 Å². The molecule has 2 aromatic carbocycles. The Kier molecular flexibility index (Phi) is 7.76. The molecule has 0 aliphatic carbocycles. The van der Waals surface area contributed by atoms with Gasteiger partial charge in [0.2, 0.25) is 21.8 Å². The predicted octanol–water partition coefficient (Wildman–Crippen LogP) is 1.96. The Morgan fingerprint density at radius 3 is 2.41 bits per heavy atom. The van der Waals surface area contributed by atoms with Gasteiger partial charge in [-0.25, -0.2) is 8.42 Å². The van der Waals surface area contributed by atoms with Gasteiger partial charge in [0, 0.05) is 19.0 Å². The van der Waals surface area contributed by atoms with Crippen molar-refractivity contribution in [2.45, 2.75) is 30.2 Å². The number of nitrogens with zero attached hydrogens (tertiary/aromatic N) is 1. The van der Waals surface area contributed by atoms with Crippen LogP contribution in [0.15, 0.2) is 53.4 Å². The standard InChI is InChI=1S/C22H26ClN3O5S/c1-31-20-8-7-17(14-18(20)23)32(29,30)25-19(13-15-5-3-2-4-6-15)22(28)26-11-9-16(10-12-26)21(24)27/h2-8,14,16,19,25H,9-13H2,1H3,(H2,24,27)/t19-/m0/s1. The summed E-state index contributed by atoms with van der Waals surface area (Å²) in [7, 11) is -2.61. The Morgan fingerprint density at radius 2 is 1.84 bits per heavy atom. The number of carbonyl (C=O) groups excluding carboxylic acids is 2. The number of halogens is 1. The molecule has 2 aromatic rings. The lowest BCUT2D eigenvalue weighted by atomic mass is 9.95. The normalized spacial score (nSPS) is 15.9. The first kappa shape index (κ1) is 24.0. The van der Waals surface area contributed by atoms with Crippen molar-refractivity contribution in [3.05, 3.63) is 59.1 Å². The Morgan fingerprint density at radius 1 is 1.19 bits per heavy atom. The van der Waals surface area contributed by atoms with Gasteiger partial charge in [0.05, 0.1) is 17.0 Å². The van der Waals surface area contributed by atoms with Crippen LogP contribution < -0.4 is 15.2 Å². The highest BCUT2D eigenvalue weighted by Crippen LogP contribution is 2.27. The fourth-order valence-electron chi connectivity index (χ4n) is 3.70. The quantitative estimate of drug-likeness (QED) is 0.600. The number of carbonyl (C=O) groups is 2. The number of sulfonamides is 1. The van der Waals surface area contributed by atoms with E-state index < -0.39 is 16.1 Å². The lowest BCUT2D eigenvalue weighted by Crippen LogP contribution is -2.52. The maximum atomic E-state index is 13.3. The summed E-state index contributed by atoms with van der Waals surface area (Å²) in [5.74, 6) is -0.653. The Bertz CT molecular complexity index is 1070. The van der Waals surface area contributed by atoms with E-state index in [1.807, 2.05) is 30.3 Å². The third kappa shape index (κ3) is 5.79. The van der Waals surface area contributed by atoms with E-state index in [0.717, 1.165) is 5.56 Å². The molecule has 1 atom stereocenters. The van der Waals surface area contributed by atoms with Crippen molar-refractivity contribution in [1.29, 1.82) is 0 Å². The fraction of sp³-hybridized carbons (Fsp3) is 0.364. The predicted molar refractivity (Wildman–Crippen MR) is 121 cm³/mol. The molecule has 0 bridgehead atoms. The number of nitrogens with two attached hydrogens (primary N) is 1. The summed E-state index contributed by atoms with van der Waals surface area (Å²) in [6.45, 7) is 0.682. The average molecular weight is 480 g/mol. The second-order valence-electron chi connectivity index (χ2n) is 7.66. The first-order valence-corrected chi connectivity index (χ1v) is 12.1. The van der Waals surface area contributed by atoms with Crippen LogP contribution in [0, 0.1) is 5.92 Å². The summed E-state index contributed by atoms with van der Waals surface area (Å²) in [4.78, 5) is 26.2. The number of primary amides is 1. The number of methoxy groups -OCH3 is 1. The summed E-state index contributed by atoms with van der Waals surface area (Å²) < 4.78 is 33.8. The Labute approximate surface area is 192 Å². The molecule has 0 aromatic heterocycles. The third-order valence-electron chi connectivity index (χ3n) is 5.52. The monoisotopic (exact) mass is 479 g/mol. The van der Waals surface area contributed by atoms with Crippen LogP contribution in [0.1, 0.15) is 18.4 Å². The second kappa shape index (κ2) is 10.3. The third-order valence-corrected chi connectivity index (χ3v) is 7.29. The molecule has 0 unspecified atom stereocenters. The lowest BCUT2D eigenvalue weighted by Gasteiger charge is -2.33. The smallest absolute Gasteiger partial charge is 0.241 e. The van der Waals surface area contributed by atoms with Crippen molar-refractivity contribution in [1.82, 2.24) is 9.62 Å². The number of amides is 2. The SMILES string of the molecule is COc1ccc(S(=O)(=O)N[C@@H](Cc2ccccc2)C(=O)N2CCC(C(N)=O)CC2)cc1Cl. The molecule has 172 valence electrons. The van der Waals surface area contributed by atoms with Gasteiger partial charge in [-0.1, -0.05) is 41.9 Å². The summed E-state index contributed by atoms with van der Waals surface area (Å²) in [5, 5.41) is 0.148. The molecule has 1 aliphatic rings. The van der Waals surface area contributed by atoms with E-state index in [4.69, 9.17) is 22.1 Å². The molecule has 10 heteroatoms. The Balaban J connectivity index is 1.83. The lowest BCUT2D eigenvalue weighted by molar-refractivity contribution is -0.136. The number of piperidine rings is 1. The van der Waals surface area contributed by atoms with Crippen molar-refractivity contribution in [3.8, 4) is 5.75 Å². The van der Waals surface area contributed by atoms with E-state index >= 15 is 0 Å². The molecule has 1 saturated heterocycles. The number of nitrogens with one attached hydrogen (secondary N) is 1. The van der Waals surface area contributed by atoms with E-state index in [-0.39, 0.29) is 34.1 Å². The van der Waals surface area contributed by atoms with E-state index in [1.165, 1.54) is 25.3 Å². The largest absolute Gasteiger partial charge is 0.495 e. The Hall–Kier alpha value is -2.62. The maximum Gasteiger partial charge on any atom is 0.241 e. The molecule has 3 rings (SSSR count). The molecular formula is C22H26ClN3O5S. The molecule has 1 heterocycles. The summed E-state index contributed by atoms with van der Waals surface area (Å²) in [6.07, 6.45) is 1.10. The van der Waals surface area contributed by atoms with Crippen LogP contribution >= 0.6 is 11.6 Å². The van der Waals surface area contributed by atoms with Crippen molar-refractivity contribution in [2.24, 2.45) is 11.7 Å². The molecule has 8 nitrogen and oxygen atoms in total. The molecule has 3 N–H and O–H groups in total. The van der Waals surface area contributed by atoms with E-state index in [1.54, 1.807) is 4.90 Å². The second-order valence-corrected chi connectivity index (χ2v) is 9.78. The minimum atomic E-state index is -4.05. The van der Waals surface area contributed by atoms with Gasteiger partial charge in [0.15, 0.2) is 0 Å². The van der Waals surface area contributed by atoms with Crippen LogP contribution in [0.2, 0.25) is 5.02 Å². The van der Waals surface area contributed by atoms with E-state index in [9.17, 15) is 18.0 Å². The molecule has 1 fully saturated rings. The first-order valence-electron chi connectivity index (χ1n) is 10.2. The van der Waals surface area contributed by atoms with Crippen molar-refractivity contribution < 1.29 is 22.7 Å². The van der Waals surface area contributed by atoms with Crippen molar-refractivity contribution in [2.75, 3.05) is 20.2 Å². The molecule has 2 amide bonds. The molecule has 0 spiro atoms. The minimum Gasteiger partial charge on any atom is -0.495 e.